The summed E-state index contributed by atoms with van der Waals surface area (Å²) >= 11 is 0. The van der Waals surface area contributed by atoms with Gasteiger partial charge in [-0.3, -0.25) is 0 Å². The van der Waals surface area contributed by atoms with Gasteiger partial charge in [-0.15, -0.1) is 0 Å². The van der Waals surface area contributed by atoms with E-state index in [4.69, 9.17) is 9.47 Å². The fourth-order valence-corrected chi connectivity index (χ4v) is 7.80. The van der Waals surface area contributed by atoms with Crippen LogP contribution in [0.5, 0.6) is 23.0 Å². The van der Waals surface area contributed by atoms with Gasteiger partial charge in [-0.1, -0.05) is 133 Å². The number of hydrogen-bond acceptors (Lipinski definition) is 2. The molecule has 0 aromatic heterocycles. The predicted molar refractivity (Wildman–Crippen MR) is 195 cm³/mol. The van der Waals surface area contributed by atoms with Gasteiger partial charge >= 0.3 is 0 Å². The van der Waals surface area contributed by atoms with Gasteiger partial charge in [-0.2, -0.15) is 0 Å². The highest BCUT2D eigenvalue weighted by Crippen LogP contribution is 2.48. The van der Waals surface area contributed by atoms with E-state index in [1.165, 1.54) is 49.4 Å². The molecule has 2 nitrogen and oxygen atoms in total. The molecule has 0 radical (unpaired) electrons. The molecular formula is C44H27BO2. The summed E-state index contributed by atoms with van der Waals surface area (Å²) in [5, 5.41) is 4.81. The van der Waals surface area contributed by atoms with E-state index in [1.807, 2.05) is 6.07 Å². The van der Waals surface area contributed by atoms with Crippen LogP contribution in [0.3, 0.4) is 0 Å². The van der Waals surface area contributed by atoms with E-state index < -0.39 is 0 Å². The summed E-state index contributed by atoms with van der Waals surface area (Å²) < 4.78 is 13.5. The van der Waals surface area contributed by atoms with E-state index >= 15 is 0 Å². The van der Waals surface area contributed by atoms with Crippen LogP contribution in [0.25, 0.3) is 54.9 Å². The molecule has 2 aliphatic rings. The maximum atomic E-state index is 6.92. The average Bonchev–Trinajstić information content (AvgIpc) is 3.14. The van der Waals surface area contributed by atoms with Crippen LogP contribution in [-0.2, 0) is 0 Å². The Bertz CT molecular complexity index is 2470. The number of rotatable bonds is 3. The fraction of sp³-hybridized carbons (Fsp3) is 0. The van der Waals surface area contributed by atoms with Gasteiger partial charge in [0, 0.05) is 16.6 Å². The summed E-state index contributed by atoms with van der Waals surface area (Å²) in [6.07, 6.45) is 0. The Hall–Kier alpha value is -6.06. The second kappa shape index (κ2) is 10.2. The zero-order valence-electron chi connectivity index (χ0n) is 25.5. The minimum Gasteiger partial charge on any atom is -0.458 e. The second-order valence-corrected chi connectivity index (χ2v) is 12.4. The lowest BCUT2D eigenvalue weighted by Crippen LogP contribution is -2.57. The standard InChI is InChI=1S/C44H27BO2/c1-2-13-28(14-3-1)29-15-12-16-30(27-29)41-31-17-4-6-19-33(31)42(34-20-7-5-18-32(34)41)35-25-26-40-43-44(35)47-39-24-11-9-22-37(39)45(43)36-21-8-10-23-38(36)46-40/h1-27H. The number of fused-ring (bicyclic) bond motifs is 6. The number of para-hydroxylation sites is 2. The Morgan fingerprint density at radius 1 is 0.362 bits per heavy atom. The van der Waals surface area contributed by atoms with Crippen molar-refractivity contribution in [3.63, 3.8) is 0 Å². The fourth-order valence-electron chi connectivity index (χ4n) is 7.80. The van der Waals surface area contributed by atoms with Crippen LogP contribution in [0.1, 0.15) is 0 Å². The SMILES string of the molecule is c1ccc(-c2cccc(-c3c4ccccc4c(-c4ccc5c6c4Oc4ccccc4B6c4ccccc4O5)c4ccccc34)c2)cc1. The molecule has 0 saturated carbocycles. The summed E-state index contributed by atoms with van der Waals surface area (Å²) in [6, 6.07) is 58.3. The molecule has 0 spiro atoms. The zero-order chi connectivity index (χ0) is 30.9. The van der Waals surface area contributed by atoms with Gasteiger partial charge in [0.1, 0.15) is 23.0 Å². The third-order valence-electron chi connectivity index (χ3n) is 9.80. The Labute approximate surface area is 273 Å². The van der Waals surface area contributed by atoms with Gasteiger partial charge in [0.05, 0.1) is 0 Å². The molecule has 0 bridgehead atoms. The first-order chi connectivity index (χ1) is 23.3. The topological polar surface area (TPSA) is 18.5 Å². The normalized spacial score (nSPS) is 12.6. The van der Waals surface area contributed by atoms with Crippen LogP contribution >= 0.6 is 0 Å². The van der Waals surface area contributed by atoms with Crippen molar-refractivity contribution in [3.05, 3.63) is 164 Å². The number of hydrogen-bond donors (Lipinski definition) is 0. The quantitative estimate of drug-likeness (QED) is 0.149. The maximum Gasteiger partial charge on any atom is 0.260 e. The molecule has 3 heteroatoms. The van der Waals surface area contributed by atoms with Crippen molar-refractivity contribution in [1.82, 2.24) is 0 Å². The van der Waals surface area contributed by atoms with Crippen molar-refractivity contribution < 1.29 is 9.47 Å². The molecule has 0 fully saturated rings. The van der Waals surface area contributed by atoms with Gasteiger partial charge in [-0.25, -0.2) is 0 Å². The summed E-state index contributed by atoms with van der Waals surface area (Å²) in [5.74, 6) is 3.51. The Morgan fingerprint density at radius 3 is 1.57 bits per heavy atom. The maximum absolute atomic E-state index is 6.92. The lowest BCUT2D eigenvalue weighted by molar-refractivity contribution is 0.465. The van der Waals surface area contributed by atoms with Crippen LogP contribution in [0.15, 0.2) is 164 Å². The molecule has 0 atom stereocenters. The Morgan fingerprint density at radius 2 is 0.894 bits per heavy atom. The van der Waals surface area contributed by atoms with Crippen LogP contribution in [0.4, 0.5) is 0 Å². The van der Waals surface area contributed by atoms with Crippen molar-refractivity contribution in [3.8, 4) is 56.4 Å². The Balaban J connectivity index is 1.27. The molecule has 10 rings (SSSR count). The van der Waals surface area contributed by atoms with Crippen molar-refractivity contribution in [2.45, 2.75) is 0 Å². The van der Waals surface area contributed by atoms with E-state index in [9.17, 15) is 0 Å². The van der Waals surface area contributed by atoms with Gasteiger partial charge in [0.15, 0.2) is 0 Å². The molecule has 2 aliphatic heterocycles. The van der Waals surface area contributed by atoms with Gasteiger partial charge in [-0.05, 0) is 85.1 Å². The second-order valence-electron chi connectivity index (χ2n) is 12.4. The first-order valence-corrected chi connectivity index (χ1v) is 16.1. The van der Waals surface area contributed by atoms with Gasteiger partial charge in [0.2, 0.25) is 0 Å². The van der Waals surface area contributed by atoms with Crippen LogP contribution in [0.2, 0.25) is 0 Å². The highest BCUT2D eigenvalue weighted by atomic mass is 16.5. The van der Waals surface area contributed by atoms with Crippen LogP contribution in [-0.4, -0.2) is 6.71 Å². The first kappa shape index (κ1) is 26.2. The van der Waals surface area contributed by atoms with E-state index in [1.54, 1.807) is 0 Å². The molecular weight excluding hydrogens is 571 g/mol. The number of benzene rings is 8. The van der Waals surface area contributed by atoms with E-state index in [2.05, 4.69) is 158 Å². The highest BCUT2D eigenvalue weighted by Gasteiger charge is 2.41. The largest absolute Gasteiger partial charge is 0.458 e. The molecule has 0 aliphatic carbocycles. The van der Waals surface area contributed by atoms with Crippen molar-refractivity contribution in [1.29, 1.82) is 0 Å². The molecule has 8 aromatic rings. The van der Waals surface area contributed by atoms with Crippen LogP contribution < -0.4 is 25.9 Å². The van der Waals surface area contributed by atoms with Gasteiger partial charge < -0.3 is 9.47 Å². The molecule has 47 heavy (non-hydrogen) atoms. The van der Waals surface area contributed by atoms with Crippen molar-refractivity contribution in [2.75, 3.05) is 0 Å². The van der Waals surface area contributed by atoms with Crippen molar-refractivity contribution in [2.24, 2.45) is 0 Å². The van der Waals surface area contributed by atoms with E-state index in [-0.39, 0.29) is 6.71 Å². The molecule has 218 valence electrons. The molecule has 2 heterocycles. The molecule has 0 saturated heterocycles. The van der Waals surface area contributed by atoms with Crippen molar-refractivity contribution >= 4 is 44.6 Å². The smallest absolute Gasteiger partial charge is 0.260 e. The average molecular weight is 599 g/mol. The third-order valence-corrected chi connectivity index (χ3v) is 9.80. The monoisotopic (exact) mass is 598 g/mol. The molecule has 0 unspecified atom stereocenters. The minimum atomic E-state index is 0.0207. The summed E-state index contributed by atoms with van der Waals surface area (Å²) in [7, 11) is 0. The van der Waals surface area contributed by atoms with Gasteiger partial charge in [0.25, 0.3) is 6.71 Å². The van der Waals surface area contributed by atoms with E-state index in [0.717, 1.165) is 44.9 Å². The molecule has 8 aromatic carbocycles. The Kier molecular flexibility index (Phi) is 5.70. The third kappa shape index (κ3) is 3.93. The zero-order valence-corrected chi connectivity index (χ0v) is 25.5. The lowest BCUT2D eigenvalue weighted by Gasteiger charge is -2.34. The summed E-state index contributed by atoms with van der Waals surface area (Å²) in [6.45, 7) is 0.0207. The predicted octanol–water partition coefficient (Wildman–Crippen LogP) is 9.72. The summed E-state index contributed by atoms with van der Waals surface area (Å²) in [4.78, 5) is 0. The molecule has 0 amide bonds. The first-order valence-electron chi connectivity index (χ1n) is 16.1. The highest BCUT2D eigenvalue weighted by molar-refractivity contribution is 6.98. The number of ether oxygens (including phenoxy) is 2. The van der Waals surface area contributed by atoms with Crippen LogP contribution in [0, 0.1) is 0 Å². The lowest BCUT2D eigenvalue weighted by atomic mass is 9.34. The van der Waals surface area contributed by atoms with E-state index in [0.29, 0.717) is 0 Å². The summed E-state index contributed by atoms with van der Waals surface area (Å²) in [5.41, 5.74) is 10.5. The minimum absolute atomic E-state index is 0.0207. The molecule has 0 N–H and O–H groups in total.